The van der Waals surface area contributed by atoms with Crippen LogP contribution < -0.4 is 38.3 Å². The van der Waals surface area contributed by atoms with Gasteiger partial charge in [0.15, 0.2) is 0 Å². The van der Waals surface area contributed by atoms with E-state index in [4.69, 9.17) is 10.3 Å². The first kappa shape index (κ1) is 29.1. The zero-order valence-corrected chi connectivity index (χ0v) is 24.0. The van der Waals surface area contributed by atoms with Gasteiger partial charge in [0.05, 0.1) is 6.04 Å². The molecule has 1 aliphatic carbocycles. The van der Waals surface area contributed by atoms with E-state index in [-0.39, 0.29) is 53.2 Å². The number of fused-ring (bicyclic) bond motifs is 2. The summed E-state index contributed by atoms with van der Waals surface area (Å²) in [5, 5.41) is 25.8. The summed E-state index contributed by atoms with van der Waals surface area (Å²) in [5.74, 6) is -2.79. The smallest absolute Gasteiger partial charge is 0.394 e. The standard InChI is InChI=1S/C29H22FN11O6/c30-17-5-1-12(7-15(17)11-32-22-21(31)23(42)24(22)43)10-33-27(45)20-9-19(35-28-38-47-29(46)41(20)28)26(44)34-18-6-3-13-8-14(2-4-16(13)18)25-36-39-40-37-25/h1-2,4-5,7-9,18,32H,3,6,10-11,31H2,(H,33,45)(H,34,44)(H,36,37,39,40)/t18-/m0/s1. The number of aryl methyl sites for hydroxylation is 1. The Morgan fingerprint density at radius 2 is 1.91 bits per heavy atom. The molecule has 3 heterocycles. The van der Waals surface area contributed by atoms with E-state index in [1.165, 1.54) is 18.2 Å². The molecule has 0 unspecified atom stereocenters. The molecule has 0 saturated carbocycles. The van der Waals surface area contributed by atoms with E-state index < -0.39 is 34.2 Å². The third kappa shape index (κ3) is 5.26. The molecule has 2 amide bonds. The Morgan fingerprint density at radius 3 is 2.70 bits per heavy atom. The molecule has 236 valence electrons. The number of aromatic nitrogens is 7. The van der Waals surface area contributed by atoms with Crippen LogP contribution >= 0.6 is 0 Å². The highest BCUT2D eigenvalue weighted by molar-refractivity contribution is 5.98. The lowest BCUT2D eigenvalue weighted by Crippen LogP contribution is -2.37. The quantitative estimate of drug-likeness (QED) is 0.132. The van der Waals surface area contributed by atoms with Crippen molar-refractivity contribution in [3.8, 4) is 11.4 Å². The van der Waals surface area contributed by atoms with Crippen molar-refractivity contribution in [2.24, 2.45) is 0 Å². The second-order valence-electron chi connectivity index (χ2n) is 10.7. The van der Waals surface area contributed by atoms with E-state index in [0.717, 1.165) is 27.2 Å². The number of amides is 2. The SMILES string of the molecule is Nc1c(NCc2cc(CNC(=O)c3cc(C(=O)N[C@H]4CCc5cc(-c6nn[nH]n6)ccc54)nc4noc(=O)n34)ccc2F)c(=O)c1=O. The number of aromatic amines is 1. The van der Waals surface area contributed by atoms with Crippen molar-refractivity contribution >= 4 is 29.0 Å². The first-order chi connectivity index (χ1) is 22.7. The number of tetrazole rings is 1. The number of carbonyl (C=O) groups excluding carboxylic acids is 2. The van der Waals surface area contributed by atoms with Crippen LogP contribution in [0.15, 0.2) is 61.4 Å². The monoisotopic (exact) mass is 639 g/mol. The lowest BCUT2D eigenvalue weighted by Gasteiger charge is -2.15. The van der Waals surface area contributed by atoms with Crippen LogP contribution in [0.3, 0.4) is 0 Å². The Labute approximate surface area is 260 Å². The van der Waals surface area contributed by atoms with E-state index in [0.29, 0.717) is 24.2 Å². The third-order valence-electron chi connectivity index (χ3n) is 7.88. The lowest BCUT2D eigenvalue weighted by atomic mass is 10.0. The number of nitrogens with two attached hydrogens (primary N) is 1. The molecule has 17 nitrogen and oxygen atoms in total. The molecule has 0 radical (unpaired) electrons. The number of rotatable bonds is 9. The summed E-state index contributed by atoms with van der Waals surface area (Å²) < 4.78 is 20.0. The van der Waals surface area contributed by atoms with Crippen molar-refractivity contribution in [3.63, 3.8) is 0 Å². The van der Waals surface area contributed by atoms with E-state index in [1.807, 2.05) is 18.2 Å². The van der Waals surface area contributed by atoms with Crippen molar-refractivity contribution in [2.45, 2.75) is 32.0 Å². The predicted molar refractivity (Wildman–Crippen MR) is 160 cm³/mol. The minimum atomic E-state index is -0.987. The number of hydrogen-bond acceptors (Lipinski definition) is 13. The van der Waals surface area contributed by atoms with Crippen LogP contribution in [0.1, 0.15) is 55.7 Å². The Balaban J connectivity index is 1.07. The van der Waals surface area contributed by atoms with E-state index in [9.17, 15) is 28.4 Å². The zero-order valence-electron chi connectivity index (χ0n) is 24.0. The molecule has 0 fully saturated rings. The molecule has 0 spiro atoms. The number of nitrogen functional groups attached to an aromatic ring is 1. The molecule has 6 aromatic rings. The molecule has 0 bridgehead atoms. The summed E-state index contributed by atoms with van der Waals surface area (Å²) in [6, 6.07) is 10.5. The van der Waals surface area contributed by atoms with Crippen molar-refractivity contribution in [3.05, 3.63) is 113 Å². The maximum Gasteiger partial charge on any atom is 0.448 e. The molecule has 1 atom stereocenters. The van der Waals surface area contributed by atoms with E-state index in [1.54, 1.807) is 0 Å². The summed E-state index contributed by atoms with van der Waals surface area (Å²) in [6.07, 6.45) is 1.31. The Bertz CT molecular complexity index is 2340. The van der Waals surface area contributed by atoms with Gasteiger partial charge in [-0.15, -0.1) is 10.2 Å². The normalized spacial score (nSPS) is 13.9. The molecule has 18 heteroatoms. The maximum absolute atomic E-state index is 14.4. The fourth-order valence-electron chi connectivity index (χ4n) is 5.47. The minimum absolute atomic E-state index is 0.0828. The van der Waals surface area contributed by atoms with Gasteiger partial charge in [-0.05, 0) is 64.2 Å². The molecule has 7 rings (SSSR count). The van der Waals surface area contributed by atoms with Crippen LogP contribution in [0.2, 0.25) is 0 Å². The van der Waals surface area contributed by atoms with Gasteiger partial charge >= 0.3 is 5.76 Å². The summed E-state index contributed by atoms with van der Waals surface area (Å²) in [7, 11) is 0. The highest BCUT2D eigenvalue weighted by atomic mass is 19.1. The third-order valence-corrected chi connectivity index (χ3v) is 7.88. The van der Waals surface area contributed by atoms with E-state index in [2.05, 4.69) is 46.7 Å². The predicted octanol–water partition coefficient (Wildman–Crippen LogP) is 0.139. The molecule has 1 aliphatic rings. The molecular weight excluding hydrogens is 617 g/mol. The second kappa shape index (κ2) is 11.4. The maximum atomic E-state index is 14.4. The van der Waals surface area contributed by atoms with Crippen LogP contribution in [-0.2, 0) is 19.5 Å². The Kier molecular flexibility index (Phi) is 7.07. The average Bonchev–Trinajstić information content (AvgIpc) is 3.85. The van der Waals surface area contributed by atoms with Gasteiger partial charge < -0.3 is 21.7 Å². The first-order valence-corrected chi connectivity index (χ1v) is 14.1. The van der Waals surface area contributed by atoms with Crippen molar-refractivity contribution < 1.29 is 18.5 Å². The molecule has 3 aromatic heterocycles. The number of halogens is 1. The first-order valence-electron chi connectivity index (χ1n) is 14.1. The summed E-state index contributed by atoms with van der Waals surface area (Å²) >= 11 is 0. The average molecular weight is 640 g/mol. The summed E-state index contributed by atoms with van der Waals surface area (Å²) in [5.41, 5.74) is 6.50. The van der Waals surface area contributed by atoms with E-state index >= 15 is 0 Å². The van der Waals surface area contributed by atoms with Crippen LogP contribution in [0.25, 0.3) is 17.2 Å². The topological polar surface area (TPSA) is 245 Å². The van der Waals surface area contributed by atoms with Gasteiger partial charge in [0.2, 0.25) is 5.82 Å². The van der Waals surface area contributed by atoms with Crippen molar-refractivity contribution in [1.82, 2.24) is 45.8 Å². The number of anilines is 2. The second-order valence-corrected chi connectivity index (χ2v) is 10.7. The number of hydrogen-bond donors (Lipinski definition) is 5. The van der Waals surface area contributed by atoms with Gasteiger partial charge in [-0.25, -0.2) is 18.6 Å². The number of benzene rings is 2. The summed E-state index contributed by atoms with van der Waals surface area (Å²) in [6.45, 7) is -0.252. The van der Waals surface area contributed by atoms with Gasteiger partial charge in [0.25, 0.3) is 28.4 Å². The highest BCUT2D eigenvalue weighted by Crippen LogP contribution is 2.33. The molecule has 6 N–H and O–H groups in total. The van der Waals surface area contributed by atoms with Gasteiger partial charge in [-0.2, -0.15) is 5.21 Å². The minimum Gasteiger partial charge on any atom is -0.394 e. The van der Waals surface area contributed by atoms with Crippen LogP contribution in [-0.4, -0.2) is 47.0 Å². The largest absolute Gasteiger partial charge is 0.448 e. The molecule has 3 aromatic carbocycles. The zero-order chi connectivity index (χ0) is 32.8. The lowest BCUT2D eigenvalue weighted by molar-refractivity contribution is 0.0931. The highest BCUT2D eigenvalue weighted by Gasteiger charge is 2.27. The van der Waals surface area contributed by atoms with Gasteiger partial charge in [0, 0.05) is 24.2 Å². The van der Waals surface area contributed by atoms with Crippen LogP contribution in [0.5, 0.6) is 0 Å². The fourth-order valence-corrected chi connectivity index (χ4v) is 5.47. The number of carbonyl (C=O) groups is 2. The van der Waals surface area contributed by atoms with Crippen LogP contribution in [0.4, 0.5) is 15.8 Å². The molecule has 0 aliphatic heterocycles. The van der Waals surface area contributed by atoms with Gasteiger partial charge in [0.1, 0.15) is 28.6 Å². The number of nitrogens with one attached hydrogen (secondary N) is 4. The number of nitrogens with zero attached hydrogens (tertiary/aromatic N) is 6. The van der Waals surface area contributed by atoms with Crippen molar-refractivity contribution in [2.75, 3.05) is 11.1 Å². The van der Waals surface area contributed by atoms with Crippen LogP contribution in [0, 0.1) is 5.82 Å². The molecule has 0 saturated heterocycles. The number of H-pyrrole nitrogens is 1. The fraction of sp³-hybridized carbons (Fsp3) is 0.172. The van der Waals surface area contributed by atoms with Gasteiger partial charge in [-0.1, -0.05) is 18.2 Å². The van der Waals surface area contributed by atoms with Crippen molar-refractivity contribution in [1.29, 1.82) is 0 Å². The van der Waals surface area contributed by atoms with Gasteiger partial charge in [-0.3, -0.25) is 23.7 Å². The Hall–Kier alpha value is -6.59. The molecular formula is C29H22FN11O6. The summed E-state index contributed by atoms with van der Waals surface area (Å²) in [4.78, 5) is 66.2. The Morgan fingerprint density at radius 1 is 1.06 bits per heavy atom. The molecule has 47 heavy (non-hydrogen) atoms.